The van der Waals surface area contributed by atoms with Gasteiger partial charge >= 0.3 is 0 Å². The highest BCUT2D eigenvalue weighted by molar-refractivity contribution is 5.78. The number of aromatic nitrogens is 2. The van der Waals surface area contributed by atoms with Crippen LogP contribution in [0.2, 0.25) is 0 Å². The number of ether oxygens (including phenoxy) is 1. The lowest BCUT2D eigenvalue weighted by Crippen LogP contribution is -2.39. The third kappa shape index (κ3) is 2.52. The van der Waals surface area contributed by atoms with Crippen LogP contribution in [-0.2, 0) is 24.3 Å². The summed E-state index contributed by atoms with van der Waals surface area (Å²) >= 11 is 0. The third-order valence-corrected chi connectivity index (χ3v) is 3.61. The minimum absolute atomic E-state index is 0.143. The maximum atomic E-state index is 12.3. The molecule has 0 N–H and O–H groups in total. The van der Waals surface area contributed by atoms with Gasteiger partial charge < -0.3 is 14.2 Å². The van der Waals surface area contributed by atoms with E-state index in [1.54, 1.807) is 13.3 Å². The first kappa shape index (κ1) is 12.7. The highest BCUT2D eigenvalue weighted by Gasteiger charge is 2.21. The second-order valence-electron chi connectivity index (χ2n) is 4.88. The smallest absolute Gasteiger partial charge is 0.227 e. The quantitative estimate of drug-likeness (QED) is 0.849. The Morgan fingerprint density at radius 2 is 2.10 bits per heavy atom. The Balaban J connectivity index is 1.65. The van der Waals surface area contributed by atoms with E-state index >= 15 is 0 Å². The van der Waals surface area contributed by atoms with Crippen molar-refractivity contribution in [3.8, 4) is 5.75 Å². The van der Waals surface area contributed by atoms with Crippen LogP contribution in [0.5, 0.6) is 5.75 Å². The molecule has 1 aliphatic heterocycles. The van der Waals surface area contributed by atoms with E-state index in [-0.39, 0.29) is 5.91 Å². The van der Waals surface area contributed by atoms with Gasteiger partial charge in [0.05, 0.1) is 20.1 Å². The summed E-state index contributed by atoms with van der Waals surface area (Å²) in [6.45, 7) is 2.17. The number of imidazole rings is 1. The molecule has 0 spiro atoms. The molecule has 1 aliphatic rings. The SMILES string of the molecule is COc1ccc(CC(=O)N2CCn3ccnc3C2)cc1. The topological polar surface area (TPSA) is 47.4 Å². The van der Waals surface area contributed by atoms with Crippen molar-refractivity contribution in [3.05, 3.63) is 48.0 Å². The molecule has 0 bridgehead atoms. The van der Waals surface area contributed by atoms with Crippen molar-refractivity contribution in [2.75, 3.05) is 13.7 Å². The van der Waals surface area contributed by atoms with E-state index in [1.165, 1.54) is 0 Å². The number of amides is 1. The number of carbonyl (C=O) groups excluding carboxylic acids is 1. The Morgan fingerprint density at radius 3 is 2.85 bits per heavy atom. The van der Waals surface area contributed by atoms with Crippen molar-refractivity contribution in [2.45, 2.75) is 19.5 Å². The van der Waals surface area contributed by atoms with Gasteiger partial charge in [0, 0.05) is 25.5 Å². The van der Waals surface area contributed by atoms with E-state index in [1.807, 2.05) is 35.4 Å². The maximum Gasteiger partial charge on any atom is 0.227 e. The molecule has 0 saturated carbocycles. The van der Waals surface area contributed by atoms with Gasteiger partial charge in [0.15, 0.2) is 0 Å². The molecule has 3 rings (SSSR count). The van der Waals surface area contributed by atoms with Crippen LogP contribution in [0.4, 0.5) is 0 Å². The van der Waals surface area contributed by atoms with Gasteiger partial charge in [-0.25, -0.2) is 4.98 Å². The molecule has 0 aliphatic carbocycles. The van der Waals surface area contributed by atoms with Crippen molar-refractivity contribution in [2.24, 2.45) is 0 Å². The largest absolute Gasteiger partial charge is 0.497 e. The predicted molar refractivity (Wildman–Crippen MR) is 74.3 cm³/mol. The van der Waals surface area contributed by atoms with Crippen LogP contribution in [0.3, 0.4) is 0 Å². The summed E-state index contributed by atoms with van der Waals surface area (Å²) in [5.41, 5.74) is 1.00. The fourth-order valence-electron chi connectivity index (χ4n) is 2.42. The lowest BCUT2D eigenvalue weighted by Gasteiger charge is -2.27. The van der Waals surface area contributed by atoms with E-state index in [4.69, 9.17) is 4.74 Å². The standard InChI is InChI=1S/C15H17N3O2/c1-20-13-4-2-12(3-5-13)10-15(19)18-9-8-17-7-6-16-14(17)11-18/h2-7H,8-11H2,1H3. The fraction of sp³-hybridized carbons (Fsp3) is 0.333. The number of hydrogen-bond donors (Lipinski definition) is 0. The zero-order chi connectivity index (χ0) is 13.9. The van der Waals surface area contributed by atoms with Crippen molar-refractivity contribution in [1.82, 2.24) is 14.5 Å². The Hall–Kier alpha value is -2.30. The first-order valence-corrected chi connectivity index (χ1v) is 6.67. The molecule has 1 aromatic carbocycles. The fourth-order valence-corrected chi connectivity index (χ4v) is 2.42. The number of hydrogen-bond acceptors (Lipinski definition) is 3. The first-order valence-electron chi connectivity index (χ1n) is 6.67. The maximum absolute atomic E-state index is 12.3. The third-order valence-electron chi connectivity index (χ3n) is 3.61. The van der Waals surface area contributed by atoms with E-state index in [0.717, 1.165) is 30.2 Å². The van der Waals surface area contributed by atoms with Crippen LogP contribution >= 0.6 is 0 Å². The molecule has 0 unspecified atom stereocenters. The molecular formula is C15H17N3O2. The number of methoxy groups -OCH3 is 1. The summed E-state index contributed by atoms with van der Waals surface area (Å²) in [5, 5.41) is 0. The second kappa shape index (κ2) is 5.36. The van der Waals surface area contributed by atoms with Crippen LogP contribution < -0.4 is 4.74 Å². The van der Waals surface area contributed by atoms with E-state index in [0.29, 0.717) is 13.0 Å². The van der Waals surface area contributed by atoms with Crippen LogP contribution in [0.25, 0.3) is 0 Å². The van der Waals surface area contributed by atoms with Crippen LogP contribution in [0.1, 0.15) is 11.4 Å². The molecule has 5 heteroatoms. The van der Waals surface area contributed by atoms with Gasteiger partial charge in [0.1, 0.15) is 11.6 Å². The predicted octanol–water partition coefficient (Wildman–Crippen LogP) is 1.48. The monoisotopic (exact) mass is 271 g/mol. The summed E-state index contributed by atoms with van der Waals surface area (Å²) in [4.78, 5) is 18.5. The van der Waals surface area contributed by atoms with Gasteiger partial charge in [-0.05, 0) is 17.7 Å². The summed E-state index contributed by atoms with van der Waals surface area (Å²) in [5.74, 6) is 1.91. The van der Waals surface area contributed by atoms with Crippen molar-refractivity contribution < 1.29 is 9.53 Å². The van der Waals surface area contributed by atoms with Gasteiger partial charge in [-0.2, -0.15) is 0 Å². The van der Waals surface area contributed by atoms with Gasteiger partial charge in [-0.3, -0.25) is 4.79 Å². The number of carbonyl (C=O) groups is 1. The zero-order valence-corrected chi connectivity index (χ0v) is 11.5. The van der Waals surface area contributed by atoms with Crippen molar-refractivity contribution in [3.63, 3.8) is 0 Å². The van der Waals surface area contributed by atoms with E-state index in [2.05, 4.69) is 9.55 Å². The summed E-state index contributed by atoms with van der Waals surface area (Å²) in [6, 6.07) is 7.63. The van der Waals surface area contributed by atoms with E-state index in [9.17, 15) is 4.79 Å². The molecule has 0 fully saturated rings. The molecular weight excluding hydrogens is 254 g/mol. The lowest BCUT2D eigenvalue weighted by atomic mass is 10.1. The first-order chi connectivity index (χ1) is 9.76. The van der Waals surface area contributed by atoms with Gasteiger partial charge in [-0.15, -0.1) is 0 Å². The molecule has 0 atom stereocenters. The summed E-state index contributed by atoms with van der Waals surface area (Å²) in [6.07, 6.45) is 4.16. The van der Waals surface area contributed by atoms with Gasteiger partial charge in [0.2, 0.25) is 5.91 Å². The van der Waals surface area contributed by atoms with Crippen molar-refractivity contribution in [1.29, 1.82) is 0 Å². The Bertz CT molecular complexity index is 604. The number of nitrogens with zero attached hydrogens (tertiary/aromatic N) is 3. The number of fused-ring (bicyclic) bond motifs is 1. The summed E-state index contributed by atoms with van der Waals surface area (Å²) < 4.78 is 7.21. The average molecular weight is 271 g/mol. The number of rotatable bonds is 3. The van der Waals surface area contributed by atoms with Crippen molar-refractivity contribution >= 4 is 5.91 Å². The molecule has 0 radical (unpaired) electrons. The Kier molecular flexibility index (Phi) is 3.41. The van der Waals surface area contributed by atoms with E-state index < -0.39 is 0 Å². The van der Waals surface area contributed by atoms with Crippen LogP contribution in [0, 0.1) is 0 Å². The second-order valence-corrected chi connectivity index (χ2v) is 4.88. The lowest BCUT2D eigenvalue weighted by molar-refractivity contribution is -0.132. The Morgan fingerprint density at radius 1 is 1.30 bits per heavy atom. The van der Waals surface area contributed by atoms with Gasteiger partial charge in [-0.1, -0.05) is 12.1 Å². The zero-order valence-electron chi connectivity index (χ0n) is 11.5. The molecule has 1 amide bonds. The highest BCUT2D eigenvalue weighted by Crippen LogP contribution is 2.15. The van der Waals surface area contributed by atoms with Gasteiger partial charge in [0.25, 0.3) is 0 Å². The summed E-state index contributed by atoms with van der Waals surface area (Å²) in [7, 11) is 1.63. The average Bonchev–Trinajstić information content (AvgIpc) is 2.95. The molecule has 2 aromatic rings. The molecule has 2 heterocycles. The Labute approximate surface area is 117 Å². The minimum Gasteiger partial charge on any atom is -0.497 e. The molecule has 20 heavy (non-hydrogen) atoms. The molecule has 1 aromatic heterocycles. The normalized spacial score (nSPS) is 13.9. The molecule has 0 saturated heterocycles. The van der Waals surface area contributed by atoms with Crippen LogP contribution in [0.15, 0.2) is 36.7 Å². The van der Waals surface area contributed by atoms with Crippen LogP contribution in [-0.4, -0.2) is 34.0 Å². The minimum atomic E-state index is 0.143. The molecule has 5 nitrogen and oxygen atoms in total. The molecule has 104 valence electrons. The highest BCUT2D eigenvalue weighted by atomic mass is 16.5. The number of benzene rings is 1.